The molecule has 2 aromatic rings. The van der Waals surface area contributed by atoms with Gasteiger partial charge in [0.1, 0.15) is 0 Å². The van der Waals surface area contributed by atoms with Crippen molar-refractivity contribution in [1.82, 2.24) is 10.3 Å². The number of nitrogens with zero attached hydrogens (tertiary/aromatic N) is 1. The van der Waals surface area contributed by atoms with Crippen molar-refractivity contribution in [2.75, 3.05) is 5.32 Å². The molecule has 0 aliphatic rings. The lowest BCUT2D eigenvalue weighted by molar-refractivity contribution is 0.102. The number of hydrogen-bond donors (Lipinski definition) is 2. The van der Waals surface area contributed by atoms with E-state index < -0.39 is 0 Å². The zero-order valence-electron chi connectivity index (χ0n) is 12.7. The van der Waals surface area contributed by atoms with Crippen LogP contribution in [0.5, 0.6) is 0 Å². The van der Waals surface area contributed by atoms with Crippen LogP contribution in [0.1, 0.15) is 35.3 Å². The van der Waals surface area contributed by atoms with Gasteiger partial charge in [0.05, 0.1) is 5.56 Å². The van der Waals surface area contributed by atoms with Crippen LogP contribution in [0.2, 0.25) is 0 Å². The van der Waals surface area contributed by atoms with Crippen LogP contribution in [0.25, 0.3) is 0 Å². The minimum Gasteiger partial charge on any atom is -0.322 e. The number of benzene rings is 1. The van der Waals surface area contributed by atoms with Gasteiger partial charge in [0.25, 0.3) is 5.91 Å². The lowest BCUT2D eigenvalue weighted by atomic mass is 10.1. The number of aromatic nitrogens is 1. The molecule has 1 aromatic carbocycles. The summed E-state index contributed by atoms with van der Waals surface area (Å²) < 4.78 is 0. The number of nitrogens with one attached hydrogen (secondary N) is 2. The second-order valence-electron chi connectivity index (χ2n) is 5.44. The number of aryl methyl sites for hydroxylation is 1. The molecule has 0 aliphatic carbocycles. The SMILES string of the molecule is Cc1cncc(C(=O)Nc2cccc(CNC(C)C)c2)c1. The van der Waals surface area contributed by atoms with Crippen LogP contribution in [0.15, 0.2) is 42.7 Å². The maximum atomic E-state index is 12.2. The van der Waals surface area contributed by atoms with Gasteiger partial charge in [-0.2, -0.15) is 0 Å². The van der Waals surface area contributed by atoms with Crippen LogP contribution in [-0.4, -0.2) is 16.9 Å². The van der Waals surface area contributed by atoms with Gasteiger partial charge in [-0.1, -0.05) is 26.0 Å². The monoisotopic (exact) mass is 283 g/mol. The van der Waals surface area contributed by atoms with Gasteiger partial charge in [0.2, 0.25) is 0 Å². The number of rotatable bonds is 5. The smallest absolute Gasteiger partial charge is 0.257 e. The fourth-order valence-electron chi connectivity index (χ4n) is 1.96. The van der Waals surface area contributed by atoms with Crippen molar-refractivity contribution < 1.29 is 4.79 Å². The largest absolute Gasteiger partial charge is 0.322 e. The standard InChI is InChI=1S/C17H21N3O/c1-12(2)19-10-14-5-4-6-16(8-14)20-17(21)15-7-13(3)9-18-11-15/h4-9,11-12,19H,10H2,1-3H3,(H,20,21). The van der Waals surface area contributed by atoms with Crippen LogP contribution in [-0.2, 0) is 6.54 Å². The Hall–Kier alpha value is -2.20. The van der Waals surface area contributed by atoms with Crippen molar-refractivity contribution in [3.05, 3.63) is 59.4 Å². The summed E-state index contributed by atoms with van der Waals surface area (Å²) in [5.74, 6) is -0.139. The highest BCUT2D eigenvalue weighted by atomic mass is 16.1. The topological polar surface area (TPSA) is 54.0 Å². The third-order valence-electron chi connectivity index (χ3n) is 3.04. The molecule has 0 saturated heterocycles. The van der Waals surface area contributed by atoms with Crippen molar-refractivity contribution in [2.24, 2.45) is 0 Å². The summed E-state index contributed by atoms with van der Waals surface area (Å²) >= 11 is 0. The average Bonchev–Trinajstić information content (AvgIpc) is 2.45. The lowest BCUT2D eigenvalue weighted by Crippen LogP contribution is -2.21. The second kappa shape index (κ2) is 6.99. The van der Waals surface area contributed by atoms with Crippen molar-refractivity contribution in [2.45, 2.75) is 33.4 Å². The van der Waals surface area contributed by atoms with E-state index in [4.69, 9.17) is 0 Å². The minimum absolute atomic E-state index is 0.139. The molecule has 21 heavy (non-hydrogen) atoms. The maximum absolute atomic E-state index is 12.2. The highest BCUT2D eigenvalue weighted by molar-refractivity contribution is 6.04. The highest BCUT2D eigenvalue weighted by Crippen LogP contribution is 2.12. The first-order valence-electron chi connectivity index (χ1n) is 7.10. The van der Waals surface area contributed by atoms with E-state index in [0.29, 0.717) is 11.6 Å². The summed E-state index contributed by atoms with van der Waals surface area (Å²) in [5.41, 5.74) is 3.48. The van der Waals surface area contributed by atoms with E-state index >= 15 is 0 Å². The van der Waals surface area contributed by atoms with E-state index in [2.05, 4.69) is 29.5 Å². The maximum Gasteiger partial charge on any atom is 0.257 e. The number of carbonyl (C=O) groups excluding carboxylic acids is 1. The summed E-state index contributed by atoms with van der Waals surface area (Å²) in [4.78, 5) is 16.2. The molecule has 4 nitrogen and oxygen atoms in total. The summed E-state index contributed by atoms with van der Waals surface area (Å²) in [6.45, 7) is 6.92. The molecule has 0 radical (unpaired) electrons. The van der Waals surface area contributed by atoms with Gasteiger partial charge < -0.3 is 10.6 Å². The van der Waals surface area contributed by atoms with E-state index in [9.17, 15) is 4.79 Å². The predicted octanol–water partition coefficient (Wildman–Crippen LogP) is 3.14. The average molecular weight is 283 g/mol. The van der Waals surface area contributed by atoms with Crippen LogP contribution in [0.3, 0.4) is 0 Å². The first-order valence-corrected chi connectivity index (χ1v) is 7.10. The first kappa shape index (κ1) is 15.2. The Bertz CT molecular complexity index is 623. The zero-order valence-corrected chi connectivity index (χ0v) is 12.7. The van der Waals surface area contributed by atoms with Gasteiger partial charge in [-0.25, -0.2) is 0 Å². The zero-order chi connectivity index (χ0) is 15.2. The molecule has 0 bridgehead atoms. The van der Waals surface area contributed by atoms with E-state index in [1.807, 2.05) is 37.3 Å². The molecule has 0 spiro atoms. The van der Waals surface area contributed by atoms with Crippen molar-refractivity contribution in [3.63, 3.8) is 0 Å². The summed E-state index contributed by atoms with van der Waals surface area (Å²) in [5, 5.41) is 6.27. The Balaban J connectivity index is 2.05. The van der Waals surface area contributed by atoms with Gasteiger partial charge in [0, 0.05) is 30.7 Å². The molecule has 0 fully saturated rings. The van der Waals surface area contributed by atoms with E-state index in [1.165, 1.54) is 0 Å². The molecule has 0 atom stereocenters. The Morgan fingerprint density at radius 3 is 2.76 bits per heavy atom. The molecule has 2 rings (SSSR count). The van der Waals surface area contributed by atoms with Crippen LogP contribution < -0.4 is 10.6 Å². The number of amides is 1. The third kappa shape index (κ3) is 4.68. The highest BCUT2D eigenvalue weighted by Gasteiger charge is 2.07. The van der Waals surface area contributed by atoms with E-state index in [1.54, 1.807) is 12.4 Å². The Labute approximate surface area is 125 Å². The number of pyridine rings is 1. The van der Waals surface area contributed by atoms with Crippen LogP contribution in [0.4, 0.5) is 5.69 Å². The predicted molar refractivity (Wildman–Crippen MR) is 85.3 cm³/mol. The third-order valence-corrected chi connectivity index (χ3v) is 3.04. The van der Waals surface area contributed by atoms with Crippen molar-refractivity contribution in [3.8, 4) is 0 Å². The lowest BCUT2D eigenvalue weighted by Gasteiger charge is -2.10. The number of hydrogen-bond acceptors (Lipinski definition) is 3. The molecule has 0 saturated carbocycles. The van der Waals surface area contributed by atoms with Gasteiger partial charge in [-0.05, 0) is 36.2 Å². The minimum atomic E-state index is -0.139. The molecular formula is C17H21N3O. The molecule has 2 N–H and O–H groups in total. The number of anilines is 1. The molecule has 1 amide bonds. The fourth-order valence-corrected chi connectivity index (χ4v) is 1.96. The molecule has 1 heterocycles. The van der Waals surface area contributed by atoms with Gasteiger partial charge in [0.15, 0.2) is 0 Å². The quantitative estimate of drug-likeness (QED) is 0.886. The van der Waals surface area contributed by atoms with E-state index in [-0.39, 0.29) is 5.91 Å². The normalized spacial score (nSPS) is 10.7. The molecule has 4 heteroatoms. The van der Waals surface area contributed by atoms with Crippen LogP contribution >= 0.6 is 0 Å². The van der Waals surface area contributed by atoms with Gasteiger partial charge in [-0.15, -0.1) is 0 Å². The molecule has 1 aromatic heterocycles. The number of carbonyl (C=O) groups is 1. The summed E-state index contributed by atoms with van der Waals surface area (Å²) in [6, 6.07) is 10.1. The van der Waals surface area contributed by atoms with Gasteiger partial charge >= 0.3 is 0 Å². The van der Waals surface area contributed by atoms with Crippen molar-refractivity contribution >= 4 is 11.6 Å². The Morgan fingerprint density at radius 1 is 1.24 bits per heavy atom. The molecule has 110 valence electrons. The van der Waals surface area contributed by atoms with E-state index in [0.717, 1.165) is 23.4 Å². The summed E-state index contributed by atoms with van der Waals surface area (Å²) in [6.07, 6.45) is 3.31. The molecule has 0 aliphatic heterocycles. The van der Waals surface area contributed by atoms with Crippen molar-refractivity contribution in [1.29, 1.82) is 0 Å². The molecular weight excluding hydrogens is 262 g/mol. The molecule has 0 unspecified atom stereocenters. The Morgan fingerprint density at radius 2 is 2.05 bits per heavy atom. The first-order chi connectivity index (χ1) is 10.0. The Kier molecular flexibility index (Phi) is 5.06. The second-order valence-corrected chi connectivity index (χ2v) is 5.44. The fraction of sp³-hybridized carbons (Fsp3) is 0.294. The van der Waals surface area contributed by atoms with Crippen LogP contribution in [0, 0.1) is 6.92 Å². The van der Waals surface area contributed by atoms with Gasteiger partial charge in [-0.3, -0.25) is 9.78 Å². The summed E-state index contributed by atoms with van der Waals surface area (Å²) in [7, 11) is 0.